The molecule has 8 heavy (non-hydrogen) atoms. The molecule has 1 unspecified atom stereocenters. The van der Waals surface area contributed by atoms with E-state index in [2.05, 4.69) is 6.55 Å². The highest BCUT2D eigenvalue weighted by Crippen LogP contribution is 1.90. The molecule has 0 amide bonds. The lowest BCUT2D eigenvalue weighted by atomic mass is 10.9. The zero-order valence-electron chi connectivity index (χ0n) is 5.81. The van der Waals surface area contributed by atoms with Crippen molar-refractivity contribution in [2.45, 2.75) is 12.6 Å². The van der Waals surface area contributed by atoms with E-state index in [0.717, 1.165) is 12.7 Å². The van der Waals surface area contributed by atoms with Crippen molar-refractivity contribution < 1.29 is 9.16 Å². The first-order valence-electron chi connectivity index (χ1n) is 2.83. The molecule has 3 heteroatoms. The first-order chi connectivity index (χ1) is 3.81. The summed E-state index contributed by atoms with van der Waals surface area (Å²) >= 11 is 0. The van der Waals surface area contributed by atoms with E-state index < -0.39 is 9.04 Å². The minimum Gasteiger partial charge on any atom is -0.423 e. The lowest BCUT2D eigenvalue weighted by Gasteiger charge is -2.04. The van der Waals surface area contributed by atoms with E-state index >= 15 is 0 Å². The van der Waals surface area contributed by atoms with Crippen LogP contribution in [0.2, 0.25) is 12.6 Å². The van der Waals surface area contributed by atoms with Crippen LogP contribution < -0.4 is 0 Å². The van der Waals surface area contributed by atoms with Gasteiger partial charge in [-0.3, -0.25) is 0 Å². The van der Waals surface area contributed by atoms with Gasteiger partial charge in [-0.05, 0) is 12.6 Å². The van der Waals surface area contributed by atoms with Crippen LogP contribution in [-0.2, 0) is 9.16 Å². The highest BCUT2D eigenvalue weighted by atomic mass is 28.3. The van der Waals surface area contributed by atoms with Crippen LogP contribution in [0.5, 0.6) is 0 Å². The third-order valence-electron chi connectivity index (χ3n) is 1.13. The van der Waals surface area contributed by atoms with Gasteiger partial charge in [0.25, 0.3) is 0 Å². The van der Waals surface area contributed by atoms with Crippen molar-refractivity contribution in [3.8, 4) is 0 Å². The summed E-state index contributed by atoms with van der Waals surface area (Å²) in [5, 5.41) is 0. The minimum atomic E-state index is -0.824. The quantitative estimate of drug-likeness (QED) is 0.525. The van der Waals surface area contributed by atoms with Crippen molar-refractivity contribution in [2.75, 3.05) is 20.8 Å². The van der Waals surface area contributed by atoms with Crippen LogP contribution in [-0.4, -0.2) is 29.9 Å². The Bertz CT molecular complexity index is 49.7. The average Bonchev–Trinajstić information content (AvgIpc) is 1.83. The maximum Gasteiger partial charge on any atom is 0.175 e. The minimum absolute atomic E-state index is 0.824. The second kappa shape index (κ2) is 5.28. The third kappa shape index (κ3) is 4.30. The lowest BCUT2D eigenvalue weighted by Crippen LogP contribution is -2.12. The van der Waals surface area contributed by atoms with Crippen molar-refractivity contribution in [1.29, 1.82) is 0 Å². The van der Waals surface area contributed by atoms with Gasteiger partial charge in [0, 0.05) is 20.8 Å². The molecule has 0 heterocycles. The molecular formula is C5H14O2Si. The molecule has 1 atom stereocenters. The number of hydrogen-bond donors (Lipinski definition) is 0. The van der Waals surface area contributed by atoms with Crippen LogP contribution in [0.1, 0.15) is 0 Å². The zero-order chi connectivity index (χ0) is 6.41. The van der Waals surface area contributed by atoms with Crippen molar-refractivity contribution in [2.24, 2.45) is 0 Å². The molecule has 0 spiro atoms. The maximum atomic E-state index is 5.11. The van der Waals surface area contributed by atoms with Crippen LogP contribution in [0.25, 0.3) is 0 Å². The SMILES string of the molecule is COCC[SiH](C)OC. The largest absolute Gasteiger partial charge is 0.423 e. The monoisotopic (exact) mass is 134 g/mol. The molecule has 0 N–H and O–H groups in total. The van der Waals surface area contributed by atoms with E-state index in [1.165, 1.54) is 0 Å². The van der Waals surface area contributed by atoms with Gasteiger partial charge >= 0.3 is 0 Å². The Labute approximate surface area is 52.5 Å². The van der Waals surface area contributed by atoms with E-state index in [0.29, 0.717) is 0 Å². The topological polar surface area (TPSA) is 18.5 Å². The van der Waals surface area contributed by atoms with Crippen molar-refractivity contribution in [1.82, 2.24) is 0 Å². The van der Waals surface area contributed by atoms with E-state index in [9.17, 15) is 0 Å². The Morgan fingerprint density at radius 1 is 1.38 bits per heavy atom. The highest BCUT2D eigenvalue weighted by Gasteiger charge is 1.98. The summed E-state index contributed by atoms with van der Waals surface area (Å²) in [5.74, 6) is 0. The lowest BCUT2D eigenvalue weighted by molar-refractivity contribution is 0.211. The number of hydrogen-bond acceptors (Lipinski definition) is 2. The summed E-state index contributed by atoms with van der Waals surface area (Å²) in [6.45, 7) is 3.01. The second-order valence-corrected chi connectivity index (χ2v) is 4.50. The molecule has 0 saturated heterocycles. The fourth-order valence-corrected chi connectivity index (χ4v) is 1.20. The van der Waals surface area contributed by atoms with Crippen LogP contribution in [0.3, 0.4) is 0 Å². The average molecular weight is 134 g/mol. The van der Waals surface area contributed by atoms with E-state index in [4.69, 9.17) is 9.16 Å². The van der Waals surface area contributed by atoms with Crippen LogP contribution >= 0.6 is 0 Å². The van der Waals surface area contributed by atoms with Gasteiger partial charge < -0.3 is 9.16 Å². The summed E-state index contributed by atoms with van der Waals surface area (Å²) in [5.41, 5.74) is 0. The van der Waals surface area contributed by atoms with Crippen LogP contribution in [0.4, 0.5) is 0 Å². The summed E-state index contributed by atoms with van der Waals surface area (Å²) < 4.78 is 9.98. The summed E-state index contributed by atoms with van der Waals surface area (Å²) in [7, 11) is 2.67. The molecule has 0 radical (unpaired) electrons. The van der Waals surface area contributed by atoms with Gasteiger partial charge in [0.1, 0.15) is 0 Å². The molecule has 0 aromatic rings. The number of methoxy groups -OCH3 is 1. The normalized spacial score (nSPS) is 13.9. The maximum absolute atomic E-state index is 5.11. The Kier molecular flexibility index (Phi) is 5.37. The van der Waals surface area contributed by atoms with Gasteiger partial charge in [-0.15, -0.1) is 0 Å². The van der Waals surface area contributed by atoms with E-state index in [1.54, 1.807) is 14.2 Å². The number of ether oxygens (including phenoxy) is 1. The fraction of sp³-hybridized carbons (Fsp3) is 1.00. The predicted octanol–water partition coefficient (Wildman–Crippen LogP) is 0.633. The van der Waals surface area contributed by atoms with Gasteiger partial charge in [-0.2, -0.15) is 0 Å². The standard InChI is InChI=1S/C5H14O2Si/c1-6-4-5-8(3)7-2/h8H,4-5H2,1-3H3. The van der Waals surface area contributed by atoms with Gasteiger partial charge in [-0.1, -0.05) is 0 Å². The fourth-order valence-electron chi connectivity index (χ4n) is 0.402. The van der Waals surface area contributed by atoms with Gasteiger partial charge in [0.15, 0.2) is 9.04 Å². The van der Waals surface area contributed by atoms with Crippen LogP contribution in [0.15, 0.2) is 0 Å². The summed E-state index contributed by atoms with van der Waals surface area (Å²) in [4.78, 5) is 0. The molecule has 0 fully saturated rings. The molecule has 0 aromatic heterocycles. The molecule has 0 aliphatic heterocycles. The Morgan fingerprint density at radius 2 is 2.00 bits per heavy atom. The molecule has 0 aliphatic carbocycles. The van der Waals surface area contributed by atoms with Crippen molar-refractivity contribution in [3.63, 3.8) is 0 Å². The molecule has 2 nitrogen and oxygen atoms in total. The van der Waals surface area contributed by atoms with Crippen molar-refractivity contribution in [3.05, 3.63) is 0 Å². The zero-order valence-corrected chi connectivity index (χ0v) is 6.96. The molecular weight excluding hydrogens is 120 g/mol. The predicted molar refractivity (Wildman–Crippen MR) is 36.7 cm³/mol. The summed E-state index contributed by atoms with van der Waals surface area (Å²) in [6.07, 6.45) is 0. The molecule has 0 aromatic carbocycles. The third-order valence-corrected chi connectivity index (χ3v) is 2.98. The van der Waals surface area contributed by atoms with Gasteiger partial charge in [-0.25, -0.2) is 0 Å². The van der Waals surface area contributed by atoms with E-state index in [-0.39, 0.29) is 0 Å². The first kappa shape index (κ1) is 8.14. The second-order valence-electron chi connectivity index (χ2n) is 1.83. The summed E-state index contributed by atoms with van der Waals surface area (Å²) in [6, 6.07) is 1.12. The Morgan fingerprint density at radius 3 is 2.38 bits per heavy atom. The number of rotatable bonds is 4. The molecule has 0 aliphatic rings. The molecule has 0 bridgehead atoms. The smallest absolute Gasteiger partial charge is 0.175 e. The molecule has 50 valence electrons. The van der Waals surface area contributed by atoms with Crippen molar-refractivity contribution >= 4 is 9.04 Å². The highest BCUT2D eigenvalue weighted by molar-refractivity contribution is 6.50. The van der Waals surface area contributed by atoms with Gasteiger partial charge in [0.2, 0.25) is 0 Å². The van der Waals surface area contributed by atoms with Crippen LogP contribution in [0, 0.1) is 0 Å². The Balaban J connectivity index is 2.86. The molecule has 0 rings (SSSR count). The Hall–Kier alpha value is 0.137. The van der Waals surface area contributed by atoms with Gasteiger partial charge in [0.05, 0.1) is 0 Å². The first-order valence-corrected chi connectivity index (χ1v) is 5.27. The van der Waals surface area contributed by atoms with E-state index in [1.807, 2.05) is 0 Å². The molecule has 0 saturated carbocycles.